The van der Waals surface area contributed by atoms with Crippen molar-refractivity contribution in [1.82, 2.24) is 14.6 Å². The first-order chi connectivity index (χ1) is 12.9. The number of benzene rings is 1. The molecule has 1 aromatic heterocycles. The minimum atomic E-state index is -3.69. The van der Waals surface area contributed by atoms with Gasteiger partial charge in [0.15, 0.2) is 0 Å². The maximum absolute atomic E-state index is 13.0. The molecule has 6 nitrogen and oxygen atoms in total. The second-order valence-corrected chi connectivity index (χ2v) is 10.3. The maximum Gasteiger partial charge on any atom is 0.244 e. The zero-order valence-electron chi connectivity index (χ0n) is 15.3. The van der Waals surface area contributed by atoms with E-state index < -0.39 is 16.1 Å². The zero-order chi connectivity index (χ0) is 19.4. The Morgan fingerprint density at radius 2 is 2.07 bits per heavy atom. The van der Waals surface area contributed by atoms with Gasteiger partial charge in [-0.1, -0.05) is 19.1 Å². The summed E-state index contributed by atoms with van der Waals surface area (Å²) in [7, 11) is -3.69. The van der Waals surface area contributed by atoms with Crippen molar-refractivity contribution in [1.29, 1.82) is 0 Å². The van der Waals surface area contributed by atoms with Gasteiger partial charge in [-0.3, -0.25) is 4.79 Å². The van der Waals surface area contributed by atoms with Gasteiger partial charge in [0.1, 0.15) is 6.04 Å². The zero-order valence-corrected chi connectivity index (χ0v) is 17.8. The average Bonchev–Trinajstić information content (AvgIpc) is 3.31. The lowest BCUT2D eigenvalue weighted by atomic mass is 10.2. The van der Waals surface area contributed by atoms with Gasteiger partial charge in [-0.15, -0.1) is 23.1 Å². The summed E-state index contributed by atoms with van der Waals surface area (Å²) in [5.41, 5.74) is 2.02. The van der Waals surface area contributed by atoms with E-state index >= 15 is 0 Å². The number of carbonyl (C=O) groups is 1. The van der Waals surface area contributed by atoms with Gasteiger partial charge in [-0.05, 0) is 31.0 Å². The average molecular weight is 426 g/mol. The number of thioether (sulfide) groups is 1. The van der Waals surface area contributed by atoms with Crippen LogP contribution in [0.25, 0.3) is 0 Å². The molecule has 3 rings (SSSR count). The minimum absolute atomic E-state index is 0.234. The Labute approximate surface area is 168 Å². The monoisotopic (exact) mass is 425 g/mol. The summed E-state index contributed by atoms with van der Waals surface area (Å²) in [6.07, 6.45) is 1.49. The molecule has 1 aliphatic rings. The predicted octanol–water partition coefficient (Wildman–Crippen LogP) is 2.44. The molecule has 1 fully saturated rings. The van der Waals surface area contributed by atoms with Crippen molar-refractivity contribution in [3.05, 3.63) is 45.9 Å². The number of sulfonamides is 1. The number of nitrogens with one attached hydrogen (secondary N) is 1. The van der Waals surface area contributed by atoms with Crippen LogP contribution in [0.15, 0.2) is 34.5 Å². The van der Waals surface area contributed by atoms with Crippen LogP contribution in [-0.4, -0.2) is 47.8 Å². The Hall–Kier alpha value is -1.42. The van der Waals surface area contributed by atoms with Gasteiger partial charge in [0.25, 0.3) is 0 Å². The second-order valence-electron chi connectivity index (χ2n) is 6.30. The highest BCUT2D eigenvalue weighted by atomic mass is 32.2. The molecule has 9 heteroatoms. The summed E-state index contributed by atoms with van der Waals surface area (Å²) < 4.78 is 27.2. The van der Waals surface area contributed by atoms with E-state index in [4.69, 9.17) is 0 Å². The molecule has 0 saturated carbocycles. The highest BCUT2D eigenvalue weighted by Crippen LogP contribution is 2.28. The van der Waals surface area contributed by atoms with Crippen LogP contribution in [0.3, 0.4) is 0 Å². The van der Waals surface area contributed by atoms with E-state index in [1.807, 2.05) is 31.4 Å². The van der Waals surface area contributed by atoms with Crippen LogP contribution in [0.2, 0.25) is 0 Å². The minimum Gasteiger partial charge on any atom is -0.354 e. The van der Waals surface area contributed by atoms with E-state index in [0.717, 1.165) is 22.7 Å². The van der Waals surface area contributed by atoms with Crippen molar-refractivity contribution in [3.63, 3.8) is 0 Å². The van der Waals surface area contributed by atoms with Gasteiger partial charge in [0.05, 0.1) is 21.5 Å². The lowest BCUT2D eigenvalue weighted by Crippen LogP contribution is -2.47. The number of hydrogen-bond donors (Lipinski definition) is 1. The van der Waals surface area contributed by atoms with Crippen molar-refractivity contribution in [2.45, 2.75) is 37.6 Å². The standard InChI is InChI=1S/C18H23N3O3S3/c1-3-14-4-6-16(7-5-14)27(23,24)21-12-25-11-17(21)18(22)19-9-8-15-10-26-13(2)20-15/h4-7,10,17H,3,8-9,11-12H2,1-2H3,(H,19,22). The molecule has 0 bridgehead atoms. The molecular weight excluding hydrogens is 402 g/mol. The lowest BCUT2D eigenvalue weighted by Gasteiger charge is -2.22. The molecule has 1 N–H and O–H groups in total. The van der Waals surface area contributed by atoms with Crippen LogP contribution < -0.4 is 5.32 Å². The quantitative estimate of drug-likeness (QED) is 0.737. The summed E-state index contributed by atoms with van der Waals surface area (Å²) in [6, 6.07) is 6.21. The number of aromatic nitrogens is 1. The number of thiazole rings is 1. The summed E-state index contributed by atoms with van der Waals surface area (Å²) in [5, 5.41) is 5.83. The van der Waals surface area contributed by atoms with E-state index in [0.29, 0.717) is 24.6 Å². The molecule has 2 heterocycles. The molecule has 146 valence electrons. The number of nitrogens with zero attached hydrogens (tertiary/aromatic N) is 2. The van der Waals surface area contributed by atoms with Gasteiger partial charge >= 0.3 is 0 Å². The normalized spacial score (nSPS) is 17.9. The highest BCUT2D eigenvalue weighted by Gasteiger charge is 2.39. The van der Waals surface area contributed by atoms with Crippen LogP contribution in [0.4, 0.5) is 0 Å². The van der Waals surface area contributed by atoms with E-state index in [2.05, 4.69) is 10.3 Å². The number of aryl methyl sites for hydroxylation is 2. The number of amides is 1. The molecule has 0 aliphatic carbocycles. The first-order valence-corrected chi connectivity index (χ1v) is 12.3. The molecular formula is C18H23N3O3S3. The van der Waals surface area contributed by atoms with Crippen LogP contribution in [0.1, 0.15) is 23.2 Å². The number of carbonyl (C=O) groups excluding carboxylic acids is 1. The van der Waals surface area contributed by atoms with Gasteiger partial charge in [0.2, 0.25) is 15.9 Å². The Morgan fingerprint density at radius 1 is 1.33 bits per heavy atom. The van der Waals surface area contributed by atoms with Crippen LogP contribution in [0, 0.1) is 6.92 Å². The Balaban J connectivity index is 1.65. The maximum atomic E-state index is 13.0. The van der Waals surface area contributed by atoms with E-state index in [1.54, 1.807) is 23.5 Å². The molecule has 2 aromatic rings. The lowest BCUT2D eigenvalue weighted by molar-refractivity contribution is -0.123. The summed E-state index contributed by atoms with van der Waals surface area (Å²) in [6.45, 7) is 4.41. The highest BCUT2D eigenvalue weighted by molar-refractivity contribution is 8.00. The third-order valence-electron chi connectivity index (χ3n) is 4.43. The van der Waals surface area contributed by atoms with Gasteiger partial charge in [0, 0.05) is 24.1 Å². The van der Waals surface area contributed by atoms with Crippen molar-refractivity contribution in [2.75, 3.05) is 18.2 Å². The first kappa shape index (κ1) is 20.3. The van der Waals surface area contributed by atoms with Gasteiger partial charge < -0.3 is 5.32 Å². The smallest absolute Gasteiger partial charge is 0.244 e. The molecule has 1 saturated heterocycles. The van der Waals surface area contributed by atoms with Crippen molar-refractivity contribution in [2.24, 2.45) is 0 Å². The summed E-state index contributed by atoms with van der Waals surface area (Å²) >= 11 is 3.03. The SMILES string of the molecule is CCc1ccc(S(=O)(=O)N2CSCC2C(=O)NCCc2csc(C)n2)cc1. The molecule has 1 atom stereocenters. The summed E-state index contributed by atoms with van der Waals surface area (Å²) in [4.78, 5) is 17.2. The number of hydrogen-bond acceptors (Lipinski definition) is 6. The topological polar surface area (TPSA) is 79.4 Å². The fraction of sp³-hybridized carbons (Fsp3) is 0.444. The van der Waals surface area contributed by atoms with E-state index in [-0.39, 0.29) is 10.8 Å². The largest absolute Gasteiger partial charge is 0.354 e. The Morgan fingerprint density at radius 3 is 2.70 bits per heavy atom. The Kier molecular flexibility index (Phi) is 6.56. The van der Waals surface area contributed by atoms with Gasteiger partial charge in [-0.25, -0.2) is 13.4 Å². The Bertz CT molecular complexity index is 894. The fourth-order valence-electron chi connectivity index (χ4n) is 2.86. The molecule has 1 aromatic carbocycles. The molecule has 1 unspecified atom stereocenters. The summed E-state index contributed by atoms with van der Waals surface area (Å²) in [5.74, 6) is 0.510. The molecule has 0 spiro atoms. The van der Waals surface area contributed by atoms with Gasteiger partial charge in [-0.2, -0.15) is 4.31 Å². The molecule has 0 radical (unpaired) electrons. The van der Waals surface area contributed by atoms with Crippen LogP contribution in [0.5, 0.6) is 0 Å². The van der Waals surface area contributed by atoms with E-state index in [1.165, 1.54) is 16.1 Å². The third kappa shape index (κ3) is 4.71. The third-order valence-corrected chi connectivity index (χ3v) is 8.30. The van der Waals surface area contributed by atoms with Crippen LogP contribution in [-0.2, 0) is 27.7 Å². The molecule has 1 amide bonds. The fourth-order valence-corrected chi connectivity index (χ4v) is 6.65. The predicted molar refractivity (Wildman–Crippen MR) is 110 cm³/mol. The molecule has 27 heavy (non-hydrogen) atoms. The first-order valence-electron chi connectivity index (χ1n) is 8.79. The van der Waals surface area contributed by atoms with Crippen molar-refractivity contribution in [3.8, 4) is 0 Å². The van der Waals surface area contributed by atoms with Crippen molar-refractivity contribution >= 4 is 39.0 Å². The molecule has 1 aliphatic heterocycles. The van der Waals surface area contributed by atoms with Crippen molar-refractivity contribution < 1.29 is 13.2 Å². The number of rotatable bonds is 7. The van der Waals surface area contributed by atoms with E-state index in [9.17, 15) is 13.2 Å². The second kappa shape index (κ2) is 8.72. The van der Waals surface area contributed by atoms with Crippen LogP contribution >= 0.6 is 23.1 Å².